The molecule has 1 amide bonds. The van der Waals surface area contributed by atoms with Crippen LogP contribution in [0.5, 0.6) is 0 Å². The molecule has 6 heteroatoms. The first-order valence-corrected chi connectivity index (χ1v) is 9.16. The quantitative estimate of drug-likeness (QED) is 0.540. The Bertz CT molecular complexity index is 1160. The van der Waals surface area contributed by atoms with Gasteiger partial charge in [-0.2, -0.15) is 5.10 Å². The van der Waals surface area contributed by atoms with E-state index >= 15 is 0 Å². The highest BCUT2D eigenvalue weighted by Gasteiger charge is 2.19. The number of aryl methyl sites for hydroxylation is 2. The molecule has 0 aliphatic carbocycles. The number of benzene rings is 2. The van der Waals surface area contributed by atoms with Crippen LogP contribution in [0.1, 0.15) is 21.5 Å². The fourth-order valence-corrected chi connectivity index (χ4v) is 2.98. The molecule has 1 N–H and O–H groups in total. The lowest BCUT2D eigenvalue weighted by molar-refractivity contribution is 0.102. The highest BCUT2D eigenvalue weighted by Crippen LogP contribution is 2.25. The van der Waals surface area contributed by atoms with Gasteiger partial charge in [0, 0.05) is 18.0 Å². The smallest absolute Gasteiger partial charge is 0.259 e. The molecular formula is C23H19FN4O. The van der Waals surface area contributed by atoms with Gasteiger partial charge in [-0.1, -0.05) is 29.8 Å². The van der Waals surface area contributed by atoms with Crippen molar-refractivity contribution in [3.63, 3.8) is 0 Å². The summed E-state index contributed by atoms with van der Waals surface area (Å²) in [5.41, 5.74) is 5.12. The molecule has 0 aliphatic rings. The van der Waals surface area contributed by atoms with Gasteiger partial charge in [0.2, 0.25) is 0 Å². The number of rotatable bonds is 4. The topological polar surface area (TPSA) is 59.8 Å². The number of pyridine rings is 1. The first-order chi connectivity index (χ1) is 14.0. The van der Waals surface area contributed by atoms with Gasteiger partial charge in [-0.05, 0) is 49.7 Å². The number of carbonyl (C=O) groups is 1. The minimum Gasteiger partial charge on any atom is -0.320 e. The zero-order valence-corrected chi connectivity index (χ0v) is 16.1. The fraction of sp³-hybridized carbons (Fsp3) is 0.0870. The van der Waals surface area contributed by atoms with E-state index in [2.05, 4.69) is 15.4 Å². The number of anilines is 1. The summed E-state index contributed by atoms with van der Waals surface area (Å²) in [6.07, 6.45) is 4.95. The van der Waals surface area contributed by atoms with Gasteiger partial charge in [0.05, 0.1) is 23.1 Å². The second kappa shape index (κ2) is 7.67. The molecule has 2 aromatic heterocycles. The van der Waals surface area contributed by atoms with Crippen LogP contribution in [-0.4, -0.2) is 20.7 Å². The maximum absolute atomic E-state index is 13.3. The van der Waals surface area contributed by atoms with E-state index in [0.29, 0.717) is 22.6 Å². The highest BCUT2D eigenvalue weighted by molar-refractivity contribution is 6.08. The predicted octanol–water partition coefficient (Wildman–Crippen LogP) is 4.94. The van der Waals surface area contributed by atoms with Gasteiger partial charge >= 0.3 is 0 Å². The van der Waals surface area contributed by atoms with Crippen LogP contribution < -0.4 is 5.32 Å². The molecule has 0 saturated carbocycles. The zero-order valence-electron chi connectivity index (χ0n) is 16.1. The summed E-state index contributed by atoms with van der Waals surface area (Å²) in [5, 5.41) is 7.52. The third kappa shape index (κ3) is 3.91. The normalized spacial score (nSPS) is 10.7. The molecule has 5 nitrogen and oxygen atoms in total. The highest BCUT2D eigenvalue weighted by atomic mass is 19.1. The Morgan fingerprint density at radius 2 is 1.72 bits per heavy atom. The van der Waals surface area contributed by atoms with Crippen molar-refractivity contribution in [1.82, 2.24) is 14.8 Å². The van der Waals surface area contributed by atoms with Crippen molar-refractivity contribution in [2.24, 2.45) is 0 Å². The van der Waals surface area contributed by atoms with Crippen LogP contribution in [0.2, 0.25) is 0 Å². The Morgan fingerprint density at radius 1 is 1.00 bits per heavy atom. The Hall–Kier alpha value is -3.80. The zero-order chi connectivity index (χ0) is 20.4. The minimum atomic E-state index is -0.329. The van der Waals surface area contributed by atoms with E-state index in [9.17, 15) is 9.18 Å². The Labute approximate surface area is 167 Å². The molecule has 0 saturated heterocycles. The Balaban J connectivity index is 1.78. The minimum absolute atomic E-state index is 0.287. The number of aromatic nitrogens is 3. The molecular weight excluding hydrogens is 367 g/mol. The van der Waals surface area contributed by atoms with Gasteiger partial charge in [-0.25, -0.2) is 9.07 Å². The maximum atomic E-state index is 13.3. The van der Waals surface area contributed by atoms with E-state index in [1.54, 1.807) is 35.4 Å². The van der Waals surface area contributed by atoms with Crippen molar-refractivity contribution >= 4 is 11.6 Å². The lowest BCUT2D eigenvalue weighted by Crippen LogP contribution is -2.13. The van der Waals surface area contributed by atoms with Crippen molar-refractivity contribution in [2.45, 2.75) is 13.8 Å². The van der Waals surface area contributed by atoms with E-state index in [1.165, 1.54) is 12.1 Å². The largest absolute Gasteiger partial charge is 0.320 e. The van der Waals surface area contributed by atoms with Crippen molar-refractivity contribution in [2.75, 3.05) is 5.32 Å². The van der Waals surface area contributed by atoms with E-state index in [0.717, 1.165) is 16.7 Å². The summed E-state index contributed by atoms with van der Waals surface area (Å²) in [7, 11) is 0. The lowest BCUT2D eigenvalue weighted by atomic mass is 10.1. The van der Waals surface area contributed by atoms with E-state index in [1.807, 2.05) is 44.2 Å². The van der Waals surface area contributed by atoms with Crippen molar-refractivity contribution in [3.05, 3.63) is 95.7 Å². The summed E-state index contributed by atoms with van der Waals surface area (Å²) in [6, 6.07) is 15.6. The molecule has 4 rings (SSSR count). The van der Waals surface area contributed by atoms with Gasteiger partial charge < -0.3 is 5.32 Å². The molecule has 0 atom stereocenters. The molecule has 29 heavy (non-hydrogen) atoms. The number of nitrogens with one attached hydrogen (secondary N) is 1. The molecule has 2 aromatic carbocycles. The molecule has 2 heterocycles. The molecule has 0 unspecified atom stereocenters. The summed E-state index contributed by atoms with van der Waals surface area (Å²) in [5.74, 6) is -0.616. The third-order valence-electron chi connectivity index (χ3n) is 4.66. The first kappa shape index (κ1) is 18.6. The monoisotopic (exact) mass is 386 g/mol. The van der Waals surface area contributed by atoms with Gasteiger partial charge in [-0.15, -0.1) is 0 Å². The van der Waals surface area contributed by atoms with Gasteiger partial charge in [-0.3, -0.25) is 9.78 Å². The molecule has 0 bridgehead atoms. The number of hydrogen-bond donors (Lipinski definition) is 1. The number of hydrogen-bond acceptors (Lipinski definition) is 3. The van der Waals surface area contributed by atoms with Gasteiger partial charge in [0.1, 0.15) is 11.5 Å². The van der Waals surface area contributed by atoms with E-state index < -0.39 is 0 Å². The van der Waals surface area contributed by atoms with Crippen LogP contribution in [-0.2, 0) is 0 Å². The number of amides is 1. The second-order valence-corrected chi connectivity index (χ2v) is 6.82. The average molecular weight is 386 g/mol. The van der Waals surface area contributed by atoms with Crippen LogP contribution in [0, 0.1) is 19.7 Å². The molecule has 144 valence electrons. The Kier molecular flexibility index (Phi) is 4.91. The van der Waals surface area contributed by atoms with Crippen LogP contribution in [0.3, 0.4) is 0 Å². The molecule has 0 radical (unpaired) electrons. The SMILES string of the molecule is Cc1ccc(-c2nn(-c3ccc(F)cc3)cc2C(=O)Nc2cnccc2C)cc1. The summed E-state index contributed by atoms with van der Waals surface area (Å²) in [4.78, 5) is 17.1. The van der Waals surface area contributed by atoms with Crippen LogP contribution in [0.25, 0.3) is 16.9 Å². The average Bonchev–Trinajstić information content (AvgIpc) is 3.16. The molecule has 4 aromatic rings. The number of carbonyl (C=O) groups excluding carboxylic acids is 1. The van der Waals surface area contributed by atoms with Gasteiger partial charge in [0.15, 0.2) is 0 Å². The number of halogens is 1. The summed E-state index contributed by atoms with van der Waals surface area (Å²) < 4.78 is 14.9. The number of nitrogens with zero attached hydrogens (tertiary/aromatic N) is 3. The first-order valence-electron chi connectivity index (χ1n) is 9.16. The lowest BCUT2D eigenvalue weighted by Gasteiger charge is -2.07. The third-order valence-corrected chi connectivity index (χ3v) is 4.66. The Morgan fingerprint density at radius 3 is 2.41 bits per heavy atom. The van der Waals surface area contributed by atoms with Crippen LogP contribution in [0.4, 0.5) is 10.1 Å². The van der Waals surface area contributed by atoms with Crippen LogP contribution in [0.15, 0.2) is 73.2 Å². The van der Waals surface area contributed by atoms with E-state index in [-0.39, 0.29) is 11.7 Å². The van der Waals surface area contributed by atoms with Crippen LogP contribution >= 0.6 is 0 Å². The van der Waals surface area contributed by atoms with Crippen molar-refractivity contribution < 1.29 is 9.18 Å². The van der Waals surface area contributed by atoms with Crippen molar-refractivity contribution in [3.8, 4) is 16.9 Å². The predicted molar refractivity (Wildman–Crippen MR) is 111 cm³/mol. The summed E-state index contributed by atoms with van der Waals surface area (Å²) in [6.45, 7) is 3.90. The van der Waals surface area contributed by atoms with Crippen molar-refractivity contribution in [1.29, 1.82) is 0 Å². The van der Waals surface area contributed by atoms with E-state index in [4.69, 9.17) is 0 Å². The molecule has 0 spiro atoms. The van der Waals surface area contributed by atoms with Gasteiger partial charge in [0.25, 0.3) is 5.91 Å². The second-order valence-electron chi connectivity index (χ2n) is 6.82. The fourth-order valence-electron chi connectivity index (χ4n) is 2.98. The standard InChI is InChI=1S/C23H19FN4O/c1-15-3-5-17(6-4-15)22-20(23(29)26-21-13-25-12-11-16(21)2)14-28(27-22)19-9-7-18(24)8-10-19/h3-14H,1-2H3,(H,26,29). The molecule has 0 aliphatic heterocycles. The maximum Gasteiger partial charge on any atom is 0.259 e. The summed E-state index contributed by atoms with van der Waals surface area (Å²) >= 11 is 0. The molecule has 0 fully saturated rings.